The van der Waals surface area contributed by atoms with E-state index in [0.29, 0.717) is 5.88 Å². The van der Waals surface area contributed by atoms with Crippen LogP contribution in [0.1, 0.15) is 26.2 Å². The molecule has 0 fully saturated rings. The number of rotatable bonds is 3. The summed E-state index contributed by atoms with van der Waals surface area (Å²) in [5.41, 5.74) is 0.702. The van der Waals surface area contributed by atoms with E-state index < -0.39 is 13.7 Å². The molecule has 0 saturated heterocycles. The Labute approximate surface area is 122 Å². The Balaban J connectivity index is 2.41. The molecule has 3 heteroatoms. The predicted octanol–water partition coefficient (Wildman–Crippen LogP) is 3.61. The normalized spacial score (nSPS) is 24.7. The Hall–Kier alpha value is -0.573. The van der Waals surface area contributed by atoms with Crippen molar-refractivity contribution in [3.63, 3.8) is 0 Å². The summed E-state index contributed by atoms with van der Waals surface area (Å²) in [6.07, 6.45) is 2.57. The van der Waals surface area contributed by atoms with Crippen LogP contribution in [0.4, 0.5) is 0 Å². The van der Waals surface area contributed by atoms with Gasteiger partial charge in [0.1, 0.15) is 8.07 Å². The third-order valence-electron chi connectivity index (χ3n) is 4.35. The van der Waals surface area contributed by atoms with E-state index >= 15 is 0 Å². The van der Waals surface area contributed by atoms with Crippen molar-refractivity contribution in [3.8, 4) is 0 Å². The summed E-state index contributed by atoms with van der Waals surface area (Å²) >= 11 is 6.15. The SMILES string of the molecule is CC1(O)CCC([Si](C)(C)c2ccccc2)=C(CCl)C1. The van der Waals surface area contributed by atoms with Crippen molar-refractivity contribution >= 4 is 24.9 Å². The van der Waals surface area contributed by atoms with Crippen LogP contribution < -0.4 is 5.19 Å². The van der Waals surface area contributed by atoms with Crippen LogP contribution in [-0.4, -0.2) is 24.7 Å². The molecule has 1 unspecified atom stereocenters. The highest BCUT2D eigenvalue weighted by Crippen LogP contribution is 2.37. The Morgan fingerprint density at radius 3 is 2.47 bits per heavy atom. The average Bonchev–Trinajstić information content (AvgIpc) is 2.38. The lowest BCUT2D eigenvalue weighted by molar-refractivity contribution is 0.0470. The van der Waals surface area contributed by atoms with Gasteiger partial charge in [0, 0.05) is 5.88 Å². The first-order chi connectivity index (χ1) is 8.87. The summed E-state index contributed by atoms with van der Waals surface area (Å²) in [4.78, 5) is 0. The zero-order valence-electron chi connectivity index (χ0n) is 12.0. The van der Waals surface area contributed by atoms with E-state index in [1.165, 1.54) is 10.8 Å². The maximum Gasteiger partial charge on any atom is 0.107 e. The zero-order valence-corrected chi connectivity index (χ0v) is 13.8. The summed E-state index contributed by atoms with van der Waals surface area (Å²) in [5.74, 6) is 0.550. The molecule has 0 bridgehead atoms. The molecule has 0 amide bonds. The molecule has 0 radical (unpaired) electrons. The summed E-state index contributed by atoms with van der Waals surface area (Å²) in [6, 6.07) is 10.8. The Kier molecular flexibility index (Phi) is 4.24. The molecule has 104 valence electrons. The monoisotopic (exact) mass is 294 g/mol. The topological polar surface area (TPSA) is 20.2 Å². The van der Waals surface area contributed by atoms with Crippen molar-refractivity contribution in [2.45, 2.75) is 44.9 Å². The lowest BCUT2D eigenvalue weighted by Gasteiger charge is -2.37. The molecule has 1 nitrogen and oxygen atoms in total. The first-order valence-electron chi connectivity index (χ1n) is 6.92. The zero-order chi connectivity index (χ0) is 14.1. The van der Waals surface area contributed by atoms with Gasteiger partial charge in [-0.2, -0.15) is 0 Å². The van der Waals surface area contributed by atoms with Gasteiger partial charge in [-0.1, -0.05) is 59.4 Å². The highest BCUT2D eigenvalue weighted by Gasteiger charge is 2.36. The predicted molar refractivity (Wildman–Crippen MR) is 85.8 cm³/mol. The Morgan fingerprint density at radius 1 is 1.26 bits per heavy atom. The third-order valence-corrected chi connectivity index (χ3v) is 8.56. The molecule has 1 N–H and O–H groups in total. The van der Waals surface area contributed by atoms with Crippen LogP contribution in [0.3, 0.4) is 0 Å². The van der Waals surface area contributed by atoms with Crippen molar-refractivity contribution in [2.24, 2.45) is 0 Å². The van der Waals surface area contributed by atoms with Gasteiger partial charge in [-0.25, -0.2) is 0 Å². The Morgan fingerprint density at radius 2 is 1.89 bits per heavy atom. The third kappa shape index (κ3) is 3.13. The van der Waals surface area contributed by atoms with Gasteiger partial charge in [-0.15, -0.1) is 11.6 Å². The molecule has 0 heterocycles. The van der Waals surface area contributed by atoms with Crippen LogP contribution in [0, 0.1) is 0 Å². The minimum absolute atomic E-state index is 0.550. The first kappa shape index (κ1) is 14.8. The van der Waals surface area contributed by atoms with Crippen molar-refractivity contribution in [2.75, 3.05) is 5.88 Å². The van der Waals surface area contributed by atoms with Crippen molar-refractivity contribution < 1.29 is 5.11 Å². The average molecular weight is 295 g/mol. The van der Waals surface area contributed by atoms with Crippen molar-refractivity contribution in [1.29, 1.82) is 0 Å². The van der Waals surface area contributed by atoms with Gasteiger partial charge in [0.2, 0.25) is 0 Å². The number of halogens is 1. The second-order valence-corrected chi connectivity index (χ2v) is 11.1. The van der Waals surface area contributed by atoms with Crippen LogP contribution >= 0.6 is 11.6 Å². The van der Waals surface area contributed by atoms with Gasteiger partial charge < -0.3 is 5.11 Å². The van der Waals surface area contributed by atoms with Crippen LogP contribution in [0.2, 0.25) is 13.1 Å². The molecule has 0 aliphatic heterocycles. The quantitative estimate of drug-likeness (QED) is 0.667. The van der Waals surface area contributed by atoms with Crippen molar-refractivity contribution in [1.82, 2.24) is 0 Å². The van der Waals surface area contributed by atoms with E-state index in [4.69, 9.17) is 11.6 Å². The molecular weight excluding hydrogens is 272 g/mol. The first-order valence-corrected chi connectivity index (χ1v) is 10.5. The van der Waals surface area contributed by atoms with Crippen LogP contribution in [0.5, 0.6) is 0 Å². The molecule has 19 heavy (non-hydrogen) atoms. The van der Waals surface area contributed by atoms with Gasteiger partial charge in [0.25, 0.3) is 0 Å². The molecule has 1 aromatic rings. The summed E-state index contributed by atoms with van der Waals surface area (Å²) in [5, 5.41) is 13.2. The van der Waals surface area contributed by atoms with E-state index in [1.807, 2.05) is 6.92 Å². The number of hydrogen-bond acceptors (Lipinski definition) is 1. The minimum atomic E-state index is -1.64. The second kappa shape index (κ2) is 5.43. The number of benzene rings is 1. The van der Waals surface area contributed by atoms with Gasteiger partial charge in [-0.05, 0) is 26.2 Å². The van der Waals surface area contributed by atoms with Crippen LogP contribution in [0.15, 0.2) is 41.1 Å². The van der Waals surface area contributed by atoms with Gasteiger partial charge in [0.05, 0.1) is 5.60 Å². The fraction of sp³-hybridized carbons (Fsp3) is 0.500. The number of alkyl halides is 1. The largest absolute Gasteiger partial charge is 0.390 e. The molecule has 0 saturated carbocycles. The summed E-state index contributed by atoms with van der Waals surface area (Å²) < 4.78 is 0. The van der Waals surface area contributed by atoms with Crippen LogP contribution in [0.25, 0.3) is 0 Å². The molecule has 1 atom stereocenters. The lowest BCUT2D eigenvalue weighted by Crippen LogP contribution is -2.47. The Bertz CT molecular complexity index is 477. The minimum Gasteiger partial charge on any atom is -0.390 e. The summed E-state index contributed by atoms with van der Waals surface area (Å²) in [6.45, 7) is 6.71. The lowest BCUT2D eigenvalue weighted by atomic mass is 9.86. The molecule has 0 aromatic heterocycles. The highest BCUT2D eigenvalue weighted by atomic mass is 35.5. The van der Waals surface area contributed by atoms with E-state index in [9.17, 15) is 5.11 Å². The van der Waals surface area contributed by atoms with Gasteiger partial charge in [0.15, 0.2) is 0 Å². The smallest absolute Gasteiger partial charge is 0.107 e. The van der Waals surface area contributed by atoms with Crippen LogP contribution in [-0.2, 0) is 0 Å². The fourth-order valence-electron chi connectivity index (χ4n) is 3.14. The summed E-state index contributed by atoms with van der Waals surface area (Å²) in [7, 11) is -1.64. The van der Waals surface area contributed by atoms with Crippen molar-refractivity contribution in [3.05, 3.63) is 41.1 Å². The van der Waals surface area contributed by atoms with E-state index in [2.05, 4.69) is 43.4 Å². The highest BCUT2D eigenvalue weighted by molar-refractivity contribution is 6.95. The van der Waals surface area contributed by atoms with Gasteiger partial charge in [-0.3, -0.25) is 0 Å². The maximum absolute atomic E-state index is 10.3. The standard InChI is InChI=1S/C16H23ClOSi/c1-16(18)10-9-15(13(11-16)12-17)19(2,3)14-7-5-4-6-8-14/h4-8,18H,9-12H2,1-3H3. The maximum atomic E-state index is 10.3. The van der Waals surface area contributed by atoms with E-state index in [-0.39, 0.29) is 0 Å². The number of aliphatic hydroxyl groups is 1. The number of allylic oxidation sites excluding steroid dienone is 1. The second-order valence-electron chi connectivity index (χ2n) is 6.38. The molecule has 1 aliphatic rings. The molecule has 0 spiro atoms. The molecule has 1 aliphatic carbocycles. The molecular formula is C16H23ClOSi. The number of hydrogen-bond donors (Lipinski definition) is 1. The van der Waals surface area contributed by atoms with E-state index in [1.54, 1.807) is 5.20 Å². The molecule has 2 rings (SSSR count). The molecule has 1 aromatic carbocycles. The van der Waals surface area contributed by atoms with Gasteiger partial charge >= 0.3 is 0 Å². The fourth-order valence-corrected chi connectivity index (χ4v) is 6.69. The van der Waals surface area contributed by atoms with E-state index in [0.717, 1.165) is 19.3 Å².